The van der Waals surface area contributed by atoms with E-state index >= 15 is 0 Å². The molecule has 0 spiro atoms. The quantitative estimate of drug-likeness (QED) is 0.614. The Labute approximate surface area is 120 Å². The molecule has 0 heterocycles. The molecule has 20 heavy (non-hydrogen) atoms. The summed E-state index contributed by atoms with van der Waals surface area (Å²) in [6, 6.07) is 8.80. The van der Waals surface area contributed by atoms with E-state index in [4.69, 9.17) is 4.74 Å². The van der Waals surface area contributed by atoms with Gasteiger partial charge in [-0.3, -0.25) is 4.79 Å². The highest BCUT2D eigenvalue weighted by Gasteiger charge is 2.31. The predicted octanol–water partition coefficient (Wildman–Crippen LogP) is 2.48. The molecule has 4 nitrogen and oxygen atoms in total. The van der Waals surface area contributed by atoms with Crippen LogP contribution in [0.15, 0.2) is 24.3 Å². The number of esters is 1. The highest BCUT2D eigenvalue weighted by atomic mass is 16.5. The van der Waals surface area contributed by atoms with Crippen LogP contribution in [0.5, 0.6) is 5.75 Å². The molecule has 0 saturated heterocycles. The number of methoxy groups -OCH3 is 2. The minimum absolute atomic E-state index is 0.132. The second-order valence-electron chi connectivity index (χ2n) is 5.24. The van der Waals surface area contributed by atoms with Gasteiger partial charge in [0.05, 0.1) is 14.2 Å². The third-order valence-corrected chi connectivity index (χ3v) is 3.94. The smallest absolute Gasteiger partial charge is 0.305 e. The average Bonchev–Trinajstić information content (AvgIpc) is 2.45. The van der Waals surface area contributed by atoms with Gasteiger partial charge in [-0.15, -0.1) is 0 Å². The molecule has 1 aromatic rings. The van der Waals surface area contributed by atoms with Crippen molar-refractivity contribution in [1.82, 2.24) is 5.32 Å². The van der Waals surface area contributed by atoms with E-state index < -0.39 is 0 Å². The summed E-state index contributed by atoms with van der Waals surface area (Å²) in [7, 11) is 3.15. The van der Waals surface area contributed by atoms with Gasteiger partial charge in [-0.2, -0.15) is 0 Å². The zero-order valence-electron chi connectivity index (χ0n) is 12.2. The first-order valence-electron chi connectivity index (χ1n) is 7.17. The summed E-state index contributed by atoms with van der Waals surface area (Å²) in [5.74, 6) is 1.44. The molecular formula is C16H23NO3. The summed E-state index contributed by atoms with van der Waals surface area (Å²) in [4.78, 5) is 11.0. The number of carbonyl (C=O) groups excluding carboxylic acids is 1. The summed E-state index contributed by atoms with van der Waals surface area (Å²) >= 11 is 0. The maximum atomic E-state index is 11.0. The minimum atomic E-state index is -0.132. The molecule has 0 aromatic heterocycles. The van der Waals surface area contributed by atoms with Gasteiger partial charge in [0.1, 0.15) is 5.75 Å². The fraction of sp³-hybridized carbons (Fsp3) is 0.562. The van der Waals surface area contributed by atoms with Gasteiger partial charge in [0.25, 0.3) is 0 Å². The standard InChI is InChI=1S/C16H23NO3/c1-19-15-7-4-3-6-14(15)12-10-13(11-12)17-9-5-8-16(18)20-2/h3-4,6-7,12-13,17H,5,8-11H2,1-2H3. The first-order chi connectivity index (χ1) is 9.74. The Morgan fingerprint density at radius 3 is 2.75 bits per heavy atom. The van der Waals surface area contributed by atoms with E-state index in [9.17, 15) is 4.79 Å². The van der Waals surface area contributed by atoms with Gasteiger partial charge in [-0.05, 0) is 43.4 Å². The summed E-state index contributed by atoms with van der Waals surface area (Å²) in [5.41, 5.74) is 1.31. The molecule has 0 atom stereocenters. The van der Waals surface area contributed by atoms with Crippen LogP contribution < -0.4 is 10.1 Å². The third-order valence-electron chi connectivity index (χ3n) is 3.94. The molecule has 1 saturated carbocycles. The molecule has 1 aliphatic rings. The van der Waals surface area contributed by atoms with Gasteiger partial charge in [0.2, 0.25) is 0 Å². The predicted molar refractivity (Wildman–Crippen MR) is 78.0 cm³/mol. The zero-order valence-corrected chi connectivity index (χ0v) is 12.2. The van der Waals surface area contributed by atoms with E-state index in [1.54, 1.807) is 7.11 Å². The lowest BCUT2D eigenvalue weighted by molar-refractivity contribution is -0.140. The lowest BCUT2D eigenvalue weighted by atomic mass is 9.75. The highest BCUT2D eigenvalue weighted by Crippen LogP contribution is 2.40. The van der Waals surface area contributed by atoms with E-state index in [0.717, 1.165) is 31.6 Å². The summed E-state index contributed by atoms with van der Waals surface area (Å²) in [5, 5.41) is 3.49. The molecule has 0 aliphatic heterocycles. The van der Waals surface area contributed by atoms with E-state index in [-0.39, 0.29) is 5.97 Å². The van der Waals surface area contributed by atoms with Crippen LogP contribution in [0.1, 0.15) is 37.2 Å². The van der Waals surface area contributed by atoms with Crippen molar-refractivity contribution in [2.24, 2.45) is 0 Å². The fourth-order valence-electron chi connectivity index (χ4n) is 2.68. The SMILES string of the molecule is COC(=O)CCCNC1CC(c2ccccc2OC)C1. The van der Waals surface area contributed by atoms with Crippen LogP contribution in [0.3, 0.4) is 0 Å². The van der Waals surface area contributed by atoms with E-state index in [1.165, 1.54) is 12.7 Å². The molecule has 2 rings (SSSR count). The second kappa shape index (κ2) is 7.29. The number of hydrogen-bond acceptors (Lipinski definition) is 4. The maximum absolute atomic E-state index is 11.0. The number of hydrogen-bond donors (Lipinski definition) is 1. The van der Waals surface area contributed by atoms with Crippen molar-refractivity contribution in [3.63, 3.8) is 0 Å². The summed E-state index contributed by atoms with van der Waals surface area (Å²) < 4.78 is 10.0. The molecule has 4 heteroatoms. The Kier molecular flexibility index (Phi) is 5.41. The Balaban J connectivity index is 1.68. The van der Waals surface area contributed by atoms with Crippen LogP contribution in [0, 0.1) is 0 Å². The summed E-state index contributed by atoms with van der Waals surface area (Å²) in [6.07, 6.45) is 3.60. The largest absolute Gasteiger partial charge is 0.496 e. The van der Waals surface area contributed by atoms with Crippen molar-refractivity contribution in [3.8, 4) is 5.75 Å². The molecular weight excluding hydrogens is 254 g/mol. The number of nitrogens with one attached hydrogen (secondary N) is 1. The van der Waals surface area contributed by atoms with Gasteiger partial charge in [0, 0.05) is 12.5 Å². The number of rotatable bonds is 7. The third kappa shape index (κ3) is 3.73. The molecule has 110 valence electrons. The van der Waals surface area contributed by atoms with Crippen molar-refractivity contribution in [2.45, 2.75) is 37.6 Å². The molecule has 1 aliphatic carbocycles. The van der Waals surface area contributed by atoms with E-state index in [0.29, 0.717) is 18.4 Å². The Morgan fingerprint density at radius 2 is 2.05 bits per heavy atom. The number of benzene rings is 1. The van der Waals surface area contributed by atoms with Crippen molar-refractivity contribution >= 4 is 5.97 Å². The highest BCUT2D eigenvalue weighted by molar-refractivity contribution is 5.69. The average molecular weight is 277 g/mol. The Hall–Kier alpha value is -1.55. The van der Waals surface area contributed by atoms with Gasteiger partial charge in [0.15, 0.2) is 0 Å². The molecule has 0 amide bonds. The van der Waals surface area contributed by atoms with Crippen molar-refractivity contribution in [3.05, 3.63) is 29.8 Å². The normalized spacial score (nSPS) is 21.1. The van der Waals surface area contributed by atoms with Crippen LogP contribution in [-0.4, -0.2) is 32.8 Å². The van der Waals surface area contributed by atoms with E-state index in [2.05, 4.69) is 22.2 Å². The van der Waals surface area contributed by atoms with Gasteiger partial charge in [-0.25, -0.2) is 0 Å². The number of carbonyl (C=O) groups is 1. The van der Waals surface area contributed by atoms with Crippen LogP contribution in [0.4, 0.5) is 0 Å². The lowest BCUT2D eigenvalue weighted by Crippen LogP contribution is -2.40. The molecule has 1 aromatic carbocycles. The van der Waals surface area contributed by atoms with Crippen LogP contribution >= 0.6 is 0 Å². The molecule has 0 bridgehead atoms. The van der Waals surface area contributed by atoms with Gasteiger partial charge in [-0.1, -0.05) is 18.2 Å². The molecule has 1 N–H and O–H groups in total. The van der Waals surface area contributed by atoms with E-state index in [1.807, 2.05) is 12.1 Å². The fourth-order valence-corrected chi connectivity index (χ4v) is 2.68. The van der Waals surface area contributed by atoms with Crippen LogP contribution in [-0.2, 0) is 9.53 Å². The van der Waals surface area contributed by atoms with Crippen LogP contribution in [0.25, 0.3) is 0 Å². The monoisotopic (exact) mass is 277 g/mol. The number of para-hydroxylation sites is 1. The minimum Gasteiger partial charge on any atom is -0.496 e. The van der Waals surface area contributed by atoms with Crippen molar-refractivity contribution < 1.29 is 14.3 Å². The molecule has 0 unspecified atom stereocenters. The van der Waals surface area contributed by atoms with Crippen molar-refractivity contribution in [1.29, 1.82) is 0 Å². The van der Waals surface area contributed by atoms with Gasteiger partial charge < -0.3 is 14.8 Å². The van der Waals surface area contributed by atoms with Crippen molar-refractivity contribution in [2.75, 3.05) is 20.8 Å². The zero-order chi connectivity index (χ0) is 14.4. The molecule has 0 radical (unpaired) electrons. The summed E-state index contributed by atoms with van der Waals surface area (Å²) in [6.45, 7) is 0.873. The maximum Gasteiger partial charge on any atom is 0.305 e. The topological polar surface area (TPSA) is 47.6 Å². The second-order valence-corrected chi connectivity index (χ2v) is 5.24. The lowest BCUT2D eigenvalue weighted by Gasteiger charge is -2.37. The Morgan fingerprint density at radius 1 is 1.30 bits per heavy atom. The Bertz CT molecular complexity index is 441. The first-order valence-corrected chi connectivity index (χ1v) is 7.17. The van der Waals surface area contributed by atoms with Crippen LogP contribution in [0.2, 0.25) is 0 Å². The first kappa shape index (κ1) is 14.9. The molecule has 1 fully saturated rings. The van der Waals surface area contributed by atoms with Gasteiger partial charge >= 0.3 is 5.97 Å². The number of ether oxygens (including phenoxy) is 2.